The maximum atomic E-state index is 10.7. The molecular weight excluding hydrogens is 406 g/mol. The molecule has 1 unspecified atom stereocenters. The number of carbonyl (C=O) groups is 1. The summed E-state index contributed by atoms with van der Waals surface area (Å²) in [5, 5.41) is 8.80. The van der Waals surface area contributed by atoms with E-state index in [0.29, 0.717) is 8.95 Å². The normalized spacial score (nSPS) is 15.6. The molecule has 65 valence electrons. The van der Waals surface area contributed by atoms with Gasteiger partial charge in [-0.2, -0.15) is 0 Å². The summed E-state index contributed by atoms with van der Waals surface area (Å²) in [5.74, 6) is -0.746. The van der Waals surface area contributed by atoms with Crippen molar-refractivity contribution in [1.29, 1.82) is 0 Å². The number of thiol groups is 1. The summed E-state index contributed by atoms with van der Waals surface area (Å²) >= 11 is -2.86. The molecule has 0 saturated carbocycles. The summed E-state index contributed by atoms with van der Waals surface area (Å²) in [6, 6.07) is 0. The second-order valence-corrected chi connectivity index (χ2v) is 37.3. The van der Waals surface area contributed by atoms with Crippen LogP contribution in [0, 0.1) is 20.6 Å². The van der Waals surface area contributed by atoms with E-state index < -0.39 is 26.6 Å². The van der Waals surface area contributed by atoms with Crippen LogP contribution < -0.4 is 0 Å². The summed E-state index contributed by atoms with van der Waals surface area (Å²) in [5.41, 5.74) is 0. The second-order valence-electron chi connectivity index (χ2n) is 2.32. The fourth-order valence-electron chi connectivity index (χ4n) is 0.801. The van der Waals surface area contributed by atoms with Gasteiger partial charge in [-0.05, 0) is 0 Å². The van der Waals surface area contributed by atoms with Crippen molar-refractivity contribution in [1.82, 2.24) is 0 Å². The van der Waals surface area contributed by atoms with Crippen LogP contribution in [0.2, 0.25) is 3.96 Å². The van der Waals surface area contributed by atoms with Crippen molar-refractivity contribution >= 4 is 24.5 Å². The van der Waals surface area contributed by atoms with Crippen molar-refractivity contribution in [3.63, 3.8) is 0 Å². The molecule has 2 nitrogen and oxygen atoms in total. The third-order valence-electron chi connectivity index (χ3n) is 1.57. The Hall–Kier alpha value is 1.09. The van der Waals surface area contributed by atoms with Crippen molar-refractivity contribution in [3.8, 4) is 0 Å². The zero-order chi connectivity index (χ0) is 9.07. The Kier molecular flexibility index (Phi) is 5.45. The molecule has 0 aromatic heterocycles. The second kappa shape index (κ2) is 4.96. The molecular formula is C6H13O2S2U. The standard InChI is InChI=1S/C4H6O2.CH4S.CH3.H2S.U/c1-2-3-4(5)6;1-2;;;/h2H2,1H3,(H,5,6);2H,1H3;1H3;1H2;/q;;;;+2/p-2. The molecule has 11 heavy (non-hydrogen) atoms. The van der Waals surface area contributed by atoms with Crippen LogP contribution in [-0.2, 0) is 4.79 Å². The summed E-state index contributed by atoms with van der Waals surface area (Å²) in [6.07, 6.45) is 2.59. The van der Waals surface area contributed by atoms with Gasteiger partial charge in [-0.15, -0.1) is 0 Å². The van der Waals surface area contributed by atoms with Crippen LogP contribution in [0.4, 0.5) is 0 Å². The fraction of sp³-hybridized carbons (Fsp3) is 0.667. The Morgan fingerprint density at radius 3 is 2.27 bits per heavy atom. The van der Waals surface area contributed by atoms with Gasteiger partial charge in [-0.3, -0.25) is 0 Å². The summed E-state index contributed by atoms with van der Waals surface area (Å²) in [6.45, 7) is 1.88. The molecule has 1 N–H and O–H groups in total. The van der Waals surface area contributed by atoms with Crippen LogP contribution in [0.1, 0.15) is 13.3 Å². The van der Waals surface area contributed by atoms with E-state index in [4.69, 9.17) is 5.11 Å². The minimum atomic E-state index is -2.86. The molecule has 0 aliphatic rings. The van der Waals surface area contributed by atoms with Gasteiger partial charge in [0.05, 0.1) is 0 Å². The Morgan fingerprint density at radius 1 is 1.73 bits per heavy atom. The third kappa shape index (κ3) is 3.54. The predicted octanol–water partition coefficient (Wildman–Crippen LogP) is 1.98. The van der Waals surface area contributed by atoms with Crippen molar-refractivity contribution in [3.05, 3.63) is 0 Å². The number of rotatable bonds is 3. The van der Waals surface area contributed by atoms with E-state index in [1.807, 2.05) is 17.1 Å². The summed E-state index contributed by atoms with van der Waals surface area (Å²) in [7, 11) is 6.14. The Labute approximate surface area is 77.8 Å². The van der Waals surface area contributed by atoms with Crippen molar-refractivity contribution in [2.24, 2.45) is 0 Å². The average molecular weight is 419 g/mol. The molecule has 0 spiro atoms. The Bertz CT molecular complexity index is 207. The van der Waals surface area contributed by atoms with Crippen LogP contribution in [0.25, 0.3) is 0 Å². The van der Waals surface area contributed by atoms with E-state index in [-0.39, 0.29) is 0 Å². The quantitative estimate of drug-likeness (QED) is 0.688. The molecule has 0 aliphatic carbocycles. The van der Waals surface area contributed by atoms with Crippen LogP contribution >= 0.6 is 16.0 Å². The molecule has 1 atom stereocenters. The predicted molar refractivity (Wildman–Crippen MR) is 51.3 cm³/mol. The first kappa shape index (κ1) is 12.1. The Morgan fingerprint density at radius 2 is 2.18 bits per heavy atom. The third-order valence-corrected chi connectivity index (χ3v) is 29.2. The van der Waals surface area contributed by atoms with E-state index >= 15 is 0 Å². The average Bonchev–Trinajstić information content (AvgIpc) is 1.88. The monoisotopic (exact) mass is 419 g/mol. The first-order valence-electron chi connectivity index (χ1n) is 3.32. The number of aliphatic carboxylic acids is 1. The molecule has 0 fully saturated rings. The molecule has 0 heterocycles. The number of hydrogen-bond donors (Lipinski definition) is 2. The van der Waals surface area contributed by atoms with Crippen LogP contribution in [0.5, 0.6) is 0 Å². The minimum absolute atomic E-state index is 0.640. The number of carboxylic acids is 1. The van der Waals surface area contributed by atoms with Crippen molar-refractivity contribution < 1.29 is 30.5 Å². The van der Waals surface area contributed by atoms with Gasteiger partial charge in [0.15, 0.2) is 0 Å². The van der Waals surface area contributed by atoms with Gasteiger partial charge >= 0.3 is 78.6 Å². The van der Waals surface area contributed by atoms with E-state index in [2.05, 4.69) is 8.45 Å². The summed E-state index contributed by atoms with van der Waals surface area (Å²) < 4.78 is 2.71. The molecule has 0 bridgehead atoms. The first-order chi connectivity index (χ1) is 4.95. The fourth-order valence-corrected chi connectivity index (χ4v) is 13.0. The van der Waals surface area contributed by atoms with E-state index in [1.165, 1.54) is 0 Å². The molecule has 0 aliphatic heterocycles. The zero-order valence-electron chi connectivity index (χ0n) is 6.92. The number of carboxylic acid groups (broad SMARTS) is 1. The molecule has 0 saturated heterocycles. The van der Waals surface area contributed by atoms with Gasteiger partial charge in [0.1, 0.15) is 0 Å². The van der Waals surface area contributed by atoms with E-state index in [1.54, 1.807) is 7.59 Å². The van der Waals surface area contributed by atoms with Crippen LogP contribution in [0.15, 0.2) is 0 Å². The molecule has 5 heteroatoms. The van der Waals surface area contributed by atoms with Gasteiger partial charge in [0, 0.05) is 0 Å². The molecule has 0 radical (unpaired) electrons. The van der Waals surface area contributed by atoms with Crippen molar-refractivity contribution in [2.45, 2.75) is 17.3 Å². The Balaban J connectivity index is 4.97. The summed E-state index contributed by atoms with van der Waals surface area (Å²) in [4.78, 5) is 10.7. The van der Waals surface area contributed by atoms with Crippen LogP contribution in [0.3, 0.4) is 0 Å². The van der Waals surface area contributed by atoms with Gasteiger partial charge in [-0.25, -0.2) is 0 Å². The first-order valence-corrected chi connectivity index (χ1v) is 21.9. The molecule has 0 aromatic carbocycles. The SMILES string of the molecule is CC[C](C(=O)O)=[U]([CH3])([SH])[S]C. The van der Waals surface area contributed by atoms with Gasteiger partial charge in [0.25, 0.3) is 0 Å². The molecule has 0 rings (SSSR count). The number of hydrogen-bond acceptors (Lipinski definition) is 3. The van der Waals surface area contributed by atoms with Gasteiger partial charge in [-0.1, -0.05) is 0 Å². The molecule has 0 aromatic rings. The van der Waals surface area contributed by atoms with Gasteiger partial charge in [0.2, 0.25) is 0 Å². The van der Waals surface area contributed by atoms with E-state index in [9.17, 15) is 4.79 Å². The maximum absolute atomic E-state index is 10.7. The van der Waals surface area contributed by atoms with Gasteiger partial charge < -0.3 is 0 Å². The topological polar surface area (TPSA) is 37.3 Å². The van der Waals surface area contributed by atoms with Crippen LogP contribution in [-0.4, -0.2) is 19.9 Å². The zero-order valence-corrected chi connectivity index (χ0v) is 12.8. The van der Waals surface area contributed by atoms with E-state index in [0.717, 1.165) is 0 Å². The molecule has 0 amide bonds. The van der Waals surface area contributed by atoms with Crippen molar-refractivity contribution in [2.75, 3.05) is 6.26 Å².